The van der Waals surface area contributed by atoms with Crippen LogP contribution in [0.5, 0.6) is 11.5 Å². The topological polar surface area (TPSA) is 113 Å². The van der Waals surface area contributed by atoms with Crippen LogP contribution in [0, 0.1) is 0 Å². The van der Waals surface area contributed by atoms with Crippen LogP contribution in [0.15, 0.2) is 39.7 Å². The van der Waals surface area contributed by atoms with Crippen molar-refractivity contribution in [2.45, 2.75) is 32.9 Å². The standard InChI is InChI=1S/C21H23N5O5/c1-4-6-18-23-20-14-9-16(29-2)17(30-3)10-15(14)25(21(28)26(20)24-18)12-19(27)22-11-13-7-5-8-31-13/h5,7-10H,4,6,11-12H2,1-3H3,(H,22,27). The molecule has 0 unspecified atom stereocenters. The van der Waals surface area contributed by atoms with Crippen LogP contribution in [0.2, 0.25) is 0 Å². The fourth-order valence-corrected chi connectivity index (χ4v) is 3.43. The van der Waals surface area contributed by atoms with E-state index in [1.54, 1.807) is 24.3 Å². The van der Waals surface area contributed by atoms with Crippen LogP contribution in [0.1, 0.15) is 24.9 Å². The number of aryl methyl sites for hydroxylation is 1. The molecule has 0 aliphatic rings. The summed E-state index contributed by atoms with van der Waals surface area (Å²) in [6.45, 7) is 2.03. The first-order valence-corrected chi connectivity index (χ1v) is 9.89. The Bertz CT molecular complexity index is 1290. The largest absolute Gasteiger partial charge is 0.493 e. The summed E-state index contributed by atoms with van der Waals surface area (Å²) in [5, 5.41) is 7.75. The lowest BCUT2D eigenvalue weighted by Gasteiger charge is -2.14. The van der Waals surface area contributed by atoms with Crippen molar-refractivity contribution in [3.05, 3.63) is 52.6 Å². The highest BCUT2D eigenvalue weighted by molar-refractivity contribution is 5.94. The molecule has 3 heterocycles. The first-order valence-electron chi connectivity index (χ1n) is 9.89. The van der Waals surface area contributed by atoms with E-state index in [9.17, 15) is 9.59 Å². The molecule has 3 aromatic heterocycles. The maximum Gasteiger partial charge on any atom is 0.351 e. The van der Waals surface area contributed by atoms with Crippen LogP contribution in [0.25, 0.3) is 16.6 Å². The maximum absolute atomic E-state index is 13.2. The Morgan fingerprint density at radius 2 is 2.00 bits per heavy atom. The molecular weight excluding hydrogens is 402 g/mol. The lowest BCUT2D eigenvalue weighted by molar-refractivity contribution is -0.121. The van der Waals surface area contributed by atoms with E-state index in [1.165, 1.54) is 29.6 Å². The molecule has 1 N–H and O–H groups in total. The lowest BCUT2D eigenvalue weighted by Crippen LogP contribution is -2.35. The van der Waals surface area contributed by atoms with Gasteiger partial charge in [0.1, 0.15) is 12.3 Å². The van der Waals surface area contributed by atoms with Crippen molar-refractivity contribution in [1.82, 2.24) is 24.5 Å². The highest BCUT2D eigenvalue weighted by atomic mass is 16.5. The van der Waals surface area contributed by atoms with Gasteiger partial charge >= 0.3 is 5.69 Å². The summed E-state index contributed by atoms with van der Waals surface area (Å²) < 4.78 is 18.6. The van der Waals surface area contributed by atoms with Gasteiger partial charge < -0.3 is 19.2 Å². The molecule has 0 bridgehead atoms. The zero-order valence-electron chi connectivity index (χ0n) is 17.5. The molecule has 10 heteroatoms. The van der Waals surface area contributed by atoms with Crippen molar-refractivity contribution >= 4 is 22.5 Å². The third kappa shape index (κ3) is 3.83. The van der Waals surface area contributed by atoms with Gasteiger partial charge in [0.05, 0.1) is 32.5 Å². The monoisotopic (exact) mass is 425 g/mol. The molecule has 1 amide bonds. The number of benzene rings is 1. The molecule has 0 saturated heterocycles. The van der Waals surface area contributed by atoms with E-state index in [0.29, 0.717) is 46.1 Å². The minimum atomic E-state index is -0.460. The van der Waals surface area contributed by atoms with Gasteiger partial charge in [-0.05, 0) is 24.6 Å². The number of ether oxygens (including phenoxy) is 2. The molecule has 0 saturated carbocycles. The van der Waals surface area contributed by atoms with Crippen LogP contribution >= 0.6 is 0 Å². The van der Waals surface area contributed by atoms with Crippen LogP contribution in [-0.4, -0.2) is 39.3 Å². The number of methoxy groups -OCH3 is 2. The molecule has 31 heavy (non-hydrogen) atoms. The summed E-state index contributed by atoms with van der Waals surface area (Å²) in [7, 11) is 3.04. The molecule has 0 radical (unpaired) electrons. The molecule has 162 valence electrons. The summed E-state index contributed by atoms with van der Waals surface area (Å²) in [4.78, 5) is 30.4. The van der Waals surface area contributed by atoms with Crippen molar-refractivity contribution in [2.75, 3.05) is 14.2 Å². The van der Waals surface area contributed by atoms with Gasteiger partial charge in [0, 0.05) is 17.9 Å². The van der Waals surface area contributed by atoms with Gasteiger partial charge in [-0.25, -0.2) is 9.78 Å². The van der Waals surface area contributed by atoms with E-state index in [2.05, 4.69) is 15.4 Å². The summed E-state index contributed by atoms with van der Waals surface area (Å²) >= 11 is 0. The molecule has 0 spiro atoms. The van der Waals surface area contributed by atoms with Crippen molar-refractivity contribution in [2.24, 2.45) is 0 Å². The number of furan rings is 1. The van der Waals surface area contributed by atoms with Gasteiger partial charge in [0.2, 0.25) is 5.91 Å². The summed E-state index contributed by atoms with van der Waals surface area (Å²) in [5.74, 6) is 1.77. The van der Waals surface area contributed by atoms with Gasteiger partial charge in [0.25, 0.3) is 0 Å². The number of nitrogens with zero attached hydrogens (tertiary/aromatic N) is 4. The summed E-state index contributed by atoms with van der Waals surface area (Å²) in [5.41, 5.74) is 0.452. The number of amides is 1. The first-order chi connectivity index (χ1) is 15.0. The number of hydrogen-bond donors (Lipinski definition) is 1. The minimum Gasteiger partial charge on any atom is -0.493 e. The van der Waals surface area contributed by atoms with Crippen molar-refractivity contribution in [1.29, 1.82) is 0 Å². The van der Waals surface area contributed by atoms with E-state index in [-0.39, 0.29) is 19.0 Å². The average Bonchev–Trinajstić information content (AvgIpc) is 3.44. The second kappa shape index (κ2) is 8.50. The Hall–Kier alpha value is -3.82. The smallest absolute Gasteiger partial charge is 0.351 e. The third-order valence-electron chi connectivity index (χ3n) is 4.91. The quantitative estimate of drug-likeness (QED) is 0.459. The predicted molar refractivity (Wildman–Crippen MR) is 112 cm³/mol. The van der Waals surface area contributed by atoms with E-state index in [1.807, 2.05) is 6.92 Å². The number of nitrogens with one attached hydrogen (secondary N) is 1. The number of carbonyl (C=O) groups excluding carboxylic acids is 1. The van der Waals surface area contributed by atoms with Crippen LogP contribution < -0.4 is 20.5 Å². The number of hydrogen-bond acceptors (Lipinski definition) is 7. The lowest BCUT2D eigenvalue weighted by atomic mass is 10.2. The Morgan fingerprint density at radius 1 is 1.23 bits per heavy atom. The zero-order valence-corrected chi connectivity index (χ0v) is 17.5. The predicted octanol–water partition coefficient (Wildman–Crippen LogP) is 1.92. The minimum absolute atomic E-state index is 0.204. The highest BCUT2D eigenvalue weighted by Crippen LogP contribution is 2.33. The van der Waals surface area contributed by atoms with Crippen molar-refractivity contribution in [3.63, 3.8) is 0 Å². The number of aromatic nitrogens is 4. The van der Waals surface area contributed by atoms with Gasteiger partial charge in [-0.15, -0.1) is 5.10 Å². The second-order valence-corrected chi connectivity index (χ2v) is 6.96. The van der Waals surface area contributed by atoms with Gasteiger partial charge in [-0.3, -0.25) is 9.36 Å². The molecule has 1 aromatic carbocycles. The zero-order chi connectivity index (χ0) is 22.0. The van der Waals surface area contributed by atoms with E-state index in [4.69, 9.17) is 13.9 Å². The summed E-state index contributed by atoms with van der Waals surface area (Å²) in [6.07, 6.45) is 3.01. The van der Waals surface area contributed by atoms with Crippen molar-refractivity contribution < 1.29 is 18.7 Å². The Balaban J connectivity index is 1.83. The normalized spacial score (nSPS) is 11.2. The molecule has 4 rings (SSSR count). The molecule has 10 nitrogen and oxygen atoms in total. The summed E-state index contributed by atoms with van der Waals surface area (Å²) in [6, 6.07) is 6.91. The van der Waals surface area contributed by atoms with Crippen LogP contribution in [-0.2, 0) is 24.3 Å². The van der Waals surface area contributed by atoms with Crippen molar-refractivity contribution in [3.8, 4) is 11.5 Å². The van der Waals surface area contributed by atoms with E-state index >= 15 is 0 Å². The fourth-order valence-electron chi connectivity index (χ4n) is 3.43. The Labute approximate surface area is 177 Å². The van der Waals surface area contributed by atoms with Crippen LogP contribution in [0.3, 0.4) is 0 Å². The van der Waals surface area contributed by atoms with E-state index in [0.717, 1.165) is 6.42 Å². The van der Waals surface area contributed by atoms with Gasteiger partial charge in [-0.2, -0.15) is 4.52 Å². The third-order valence-corrected chi connectivity index (χ3v) is 4.91. The molecule has 0 aliphatic heterocycles. The fraction of sp³-hybridized carbons (Fsp3) is 0.333. The molecule has 0 fully saturated rings. The van der Waals surface area contributed by atoms with Gasteiger partial charge in [-0.1, -0.05) is 6.92 Å². The average molecular weight is 425 g/mol. The molecule has 0 aliphatic carbocycles. The van der Waals surface area contributed by atoms with Gasteiger partial charge in [0.15, 0.2) is 23.0 Å². The molecule has 4 aromatic rings. The number of rotatable bonds is 8. The number of carbonyl (C=O) groups is 1. The maximum atomic E-state index is 13.2. The first kappa shape index (κ1) is 20.5. The van der Waals surface area contributed by atoms with E-state index < -0.39 is 5.69 Å². The van der Waals surface area contributed by atoms with Crippen LogP contribution in [0.4, 0.5) is 0 Å². The highest BCUT2D eigenvalue weighted by Gasteiger charge is 2.19. The second-order valence-electron chi connectivity index (χ2n) is 6.96. The Kier molecular flexibility index (Phi) is 5.61. The SMILES string of the molecule is CCCc1nc2c3cc(OC)c(OC)cc3n(CC(=O)NCc3ccco3)c(=O)n2n1. The Morgan fingerprint density at radius 3 is 2.68 bits per heavy atom. The number of fused-ring (bicyclic) bond motifs is 3. The molecular formula is C21H23N5O5. The molecule has 0 atom stereocenters.